The van der Waals surface area contributed by atoms with Crippen LogP contribution in [0.2, 0.25) is 10.0 Å². The molecule has 2 aromatic carbocycles. The lowest BCUT2D eigenvalue weighted by Crippen LogP contribution is -2.23. The maximum Gasteiger partial charge on any atom is 0.243 e. The van der Waals surface area contributed by atoms with Crippen molar-refractivity contribution in [2.45, 2.75) is 6.92 Å². The highest BCUT2D eigenvalue weighted by Crippen LogP contribution is 2.33. The monoisotopic (exact) mass is 429 g/mol. The van der Waals surface area contributed by atoms with Crippen LogP contribution < -0.4 is 15.4 Å². The molecule has 0 unspecified atom stereocenters. The highest BCUT2D eigenvalue weighted by molar-refractivity contribution is 6.35. The van der Waals surface area contributed by atoms with Crippen molar-refractivity contribution < 1.29 is 14.3 Å². The number of para-hydroxylation sites is 3. The summed E-state index contributed by atoms with van der Waals surface area (Å²) in [6, 6.07) is 15.4. The van der Waals surface area contributed by atoms with Crippen LogP contribution in [0.5, 0.6) is 11.6 Å². The summed E-state index contributed by atoms with van der Waals surface area (Å²) in [5.74, 6) is 0.211. The Kier molecular flexibility index (Phi) is 6.69. The maximum absolute atomic E-state index is 12.3. The number of ketones is 1. The Bertz CT molecular complexity index is 1060. The van der Waals surface area contributed by atoms with Crippen LogP contribution in [0.4, 0.5) is 11.4 Å². The number of Topliss-reactive ketones (excluding diaryl/α,β-unsaturated/α-hetero) is 1. The lowest BCUT2D eigenvalue weighted by Gasteiger charge is -2.14. The Labute approximate surface area is 177 Å². The molecule has 0 saturated heterocycles. The van der Waals surface area contributed by atoms with E-state index in [0.29, 0.717) is 27.7 Å². The van der Waals surface area contributed by atoms with Gasteiger partial charge in [0.2, 0.25) is 11.8 Å². The molecule has 0 aliphatic rings. The van der Waals surface area contributed by atoms with Gasteiger partial charge in [-0.15, -0.1) is 0 Å². The van der Waals surface area contributed by atoms with E-state index in [4.69, 9.17) is 27.9 Å². The molecule has 0 bridgehead atoms. The molecule has 3 rings (SSSR count). The third kappa shape index (κ3) is 5.47. The first-order chi connectivity index (χ1) is 13.9. The van der Waals surface area contributed by atoms with Crippen LogP contribution in [0.1, 0.15) is 17.3 Å². The first-order valence-electron chi connectivity index (χ1n) is 8.65. The number of pyridine rings is 1. The molecule has 1 amide bonds. The second-order valence-corrected chi connectivity index (χ2v) is 6.89. The largest absolute Gasteiger partial charge is 0.435 e. The van der Waals surface area contributed by atoms with Gasteiger partial charge in [-0.1, -0.05) is 47.5 Å². The zero-order valence-electron chi connectivity index (χ0n) is 15.4. The molecule has 148 valence electrons. The topological polar surface area (TPSA) is 80.3 Å². The summed E-state index contributed by atoms with van der Waals surface area (Å²) < 4.78 is 5.76. The SMILES string of the molecule is CC(=O)c1ccccc1NC(=O)CNc1ccccc1Oc1ncc(Cl)cc1Cl. The number of hydrogen-bond acceptors (Lipinski definition) is 5. The minimum atomic E-state index is -0.309. The summed E-state index contributed by atoms with van der Waals surface area (Å²) >= 11 is 12.0. The molecule has 1 aromatic heterocycles. The van der Waals surface area contributed by atoms with Crippen molar-refractivity contribution in [1.82, 2.24) is 4.98 Å². The smallest absolute Gasteiger partial charge is 0.243 e. The second kappa shape index (κ2) is 9.41. The summed E-state index contributed by atoms with van der Waals surface area (Å²) in [5, 5.41) is 6.42. The number of rotatable bonds is 7. The number of nitrogens with one attached hydrogen (secondary N) is 2. The minimum Gasteiger partial charge on any atom is -0.435 e. The maximum atomic E-state index is 12.3. The van der Waals surface area contributed by atoms with Crippen molar-refractivity contribution in [3.8, 4) is 11.6 Å². The fourth-order valence-corrected chi connectivity index (χ4v) is 2.97. The molecule has 1 heterocycles. The van der Waals surface area contributed by atoms with Gasteiger partial charge >= 0.3 is 0 Å². The van der Waals surface area contributed by atoms with Gasteiger partial charge in [0.1, 0.15) is 5.02 Å². The van der Waals surface area contributed by atoms with E-state index in [1.54, 1.807) is 48.5 Å². The molecule has 0 aliphatic heterocycles. The summed E-state index contributed by atoms with van der Waals surface area (Å²) in [6.45, 7) is 1.42. The van der Waals surface area contributed by atoms with Gasteiger partial charge in [0.05, 0.1) is 22.9 Å². The van der Waals surface area contributed by atoms with Gasteiger partial charge in [-0.05, 0) is 37.3 Å². The Morgan fingerprint density at radius 1 is 1.03 bits per heavy atom. The molecule has 6 nitrogen and oxygen atoms in total. The number of aromatic nitrogens is 1. The number of halogens is 2. The van der Waals surface area contributed by atoms with E-state index >= 15 is 0 Å². The summed E-state index contributed by atoms with van der Waals surface area (Å²) in [7, 11) is 0. The quantitative estimate of drug-likeness (QED) is 0.489. The molecule has 29 heavy (non-hydrogen) atoms. The molecule has 0 fully saturated rings. The standard InChI is InChI=1S/C21H17Cl2N3O3/c1-13(27)15-6-2-3-7-17(15)26-20(28)12-24-18-8-4-5-9-19(18)29-21-16(23)10-14(22)11-25-21/h2-11,24H,12H2,1H3,(H,26,28). The average Bonchev–Trinajstić information content (AvgIpc) is 2.69. The Morgan fingerprint density at radius 3 is 2.45 bits per heavy atom. The van der Waals surface area contributed by atoms with Crippen molar-refractivity contribution in [2.24, 2.45) is 0 Å². The lowest BCUT2D eigenvalue weighted by atomic mass is 10.1. The fourth-order valence-electron chi connectivity index (χ4n) is 2.55. The van der Waals surface area contributed by atoms with Gasteiger partial charge < -0.3 is 15.4 Å². The first kappa shape index (κ1) is 20.6. The highest BCUT2D eigenvalue weighted by Gasteiger charge is 2.12. The Hall–Kier alpha value is -3.09. The van der Waals surface area contributed by atoms with Crippen LogP contribution in [0.15, 0.2) is 60.8 Å². The van der Waals surface area contributed by atoms with E-state index in [2.05, 4.69) is 15.6 Å². The molecular formula is C21H17Cl2N3O3. The summed E-state index contributed by atoms with van der Waals surface area (Å²) in [4.78, 5) is 28.1. The third-order valence-corrected chi connectivity index (χ3v) is 4.37. The van der Waals surface area contributed by atoms with E-state index in [-0.39, 0.29) is 29.1 Å². The zero-order valence-corrected chi connectivity index (χ0v) is 16.9. The minimum absolute atomic E-state index is 0.0333. The molecule has 0 saturated carbocycles. The normalized spacial score (nSPS) is 10.3. The van der Waals surface area contributed by atoms with Crippen LogP contribution >= 0.6 is 23.2 Å². The lowest BCUT2D eigenvalue weighted by molar-refractivity contribution is -0.114. The number of hydrogen-bond donors (Lipinski definition) is 2. The first-order valence-corrected chi connectivity index (χ1v) is 9.41. The summed E-state index contributed by atoms with van der Waals surface area (Å²) in [6.07, 6.45) is 1.43. The van der Waals surface area contributed by atoms with Gasteiger partial charge in [0, 0.05) is 11.8 Å². The van der Waals surface area contributed by atoms with Gasteiger partial charge in [0.25, 0.3) is 0 Å². The van der Waals surface area contributed by atoms with Crippen LogP contribution in [0.25, 0.3) is 0 Å². The fraction of sp³-hybridized carbons (Fsp3) is 0.0952. The number of benzene rings is 2. The Morgan fingerprint density at radius 2 is 1.72 bits per heavy atom. The van der Waals surface area contributed by atoms with Gasteiger partial charge in [-0.25, -0.2) is 4.98 Å². The number of carbonyl (C=O) groups excluding carboxylic acids is 2. The summed E-state index contributed by atoms with van der Waals surface area (Å²) in [5.41, 5.74) is 1.50. The van der Waals surface area contributed by atoms with Crippen LogP contribution in [-0.2, 0) is 4.79 Å². The van der Waals surface area contributed by atoms with E-state index in [0.717, 1.165) is 0 Å². The van der Waals surface area contributed by atoms with Crippen LogP contribution in [-0.4, -0.2) is 23.2 Å². The molecule has 0 spiro atoms. The molecule has 0 atom stereocenters. The van der Waals surface area contributed by atoms with Crippen molar-refractivity contribution in [1.29, 1.82) is 0 Å². The molecule has 0 aliphatic carbocycles. The number of ether oxygens (including phenoxy) is 1. The highest BCUT2D eigenvalue weighted by atomic mass is 35.5. The van der Waals surface area contributed by atoms with Gasteiger partial charge in [-0.2, -0.15) is 0 Å². The van der Waals surface area contributed by atoms with E-state index in [9.17, 15) is 9.59 Å². The zero-order chi connectivity index (χ0) is 20.8. The molecule has 0 radical (unpaired) electrons. The van der Waals surface area contributed by atoms with Gasteiger partial charge in [0.15, 0.2) is 11.5 Å². The van der Waals surface area contributed by atoms with Crippen LogP contribution in [0.3, 0.4) is 0 Å². The van der Waals surface area contributed by atoms with Gasteiger partial charge in [-0.3, -0.25) is 9.59 Å². The average molecular weight is 430 g/mol. The number of carbonyl (C=O) groups is 2. The Balaban J connectivity index is 1.68. The second-order valence-electron chi connectivity index (χ2n) is 6.04. The predicted octanol–water partition coefficient (Wildman–Crippen LogP) is 5.43. The van der Waals surface area contributed by atoms with E-state index < -0.39 is 0 Å². The molecule has 8 heteroatoms. The predicted molar refractivity (Wildman–Crippen MR) is 114 cm³/mol. The van der Waals surface area contributed by atoms with Crippen molar-refractivity contribution in [3.63, 3.8) is 0 Å². The van der Waals surface area contributed by atoms with Crippen molar-refractivity contribution >= 4 is 46.3 Å². The molecule has 3 aromatic rings. The molecule has 2 N–H and O–H groups in total. The molecular weight excluding hydrogens is 413 g/mol. The number of nitrogens with zero attached hydrogens (tertiary/aromatic N) is 1. The van der Waals surface area contributed by atoms with E-state index in [1.807, 2.05) is 0 Å². The van der Waals surface area contributed by atoms with Crippen LogP contribution in [0, 0.1) is 0 Å². The van der Waals surface area contributed by atoms with E-state index in [1.165, 1.54) is 19.2 Å². The van der Waals surface area contributed by atoms with Crippen molar-refractivity contribution in [2.75, 3.05) is 17.2 Å². The third-order valence-electron chi connectivity index (χ3n) is 3.89. The van der Waals surface area contributed by atoms with Crippen molar-refractivity contribution in [3.05, 3.63) is 76.4 Å². The number of anilines is 2. The number of amides is 1.